The monoisotopic (exact) mass is 330 g/mol. The normalized spacial score (nSPS) is 12.7. The van der Waals surface area contributed by atoms with Crippen molar-refractivity contribution < 1.29 is 13.9 Å². The molecule has 4 rings (SSSR count). The summed E-state index contributed by atoms with van der Waals surface area (Å²) >= 11 is 6.19. The van der Waals surface area contributed by atoms with Crippen LogP contribution in [0.25, 0.3) is 17.1 Å². The molecule has 0 aliphatic carbocycles. The Kier molecular flexibility index (Phi) is 3.23. The minimum atomic E-state index is -0.412. The van der Waals surface area contributed by atoms with Crippen molar-refractivity contribution in [3.05, 3.63) is 59.1 Å². The standard InChI is InChI=1S/C17H12ClFN2O2/c1-10-8-20-17(16-12(18)3-2-4-13(16)19)21(10)11-5-6-14-15(7-11)23-9-22-14/h2-8H,9H2,1H3. The molecule has 2 aromatic carbocycles. The summed E-state index contributed by atoms with van der Waals surface area (Å²) in [4.78, 5) is 4.34. The summed E-state index contributed by atoms with van der Waals surface area (Å²) in [6.45, 7) is 2.10. The van der Waals surface area contributed by atoms with Crippen LogP contribution in [0.1, 0.15) is 5.69 Å². The Morgan fingerprint density at radius 2 is 2.00 bits per heavy atom. The van der Waals surface area contributed by atoms with Gasteiger partial charge in [0, 0.05) is 18.0 Å². The number of nitrogens with zero attached hydrogens (tertiary/aromatic N) is 2. The molecule has 3 aromatic rings. The zero-order valence-electron chi connectivity index (χ0n) is 12.2. The van der Waals surface area contributed by atoms with Gasteiger partial charge in [-0.2, -0.15) is 0 Å². The van der Waals surface area contributed by atoms with Gasteiger partial charge in [-0.25, -0.2) is 9.37 Å². The van der Waals surface area contributed by atoms with Crippen LogP contribution in [0.5, 0.6) is 11.5 Å². The summed E-state index contributed by atoms with van der Waals surface area (Å²) in [5.41, 5.74) is 1.94. The fourth-order valence-electron chi connectivity index (χ4n) is 2.68. The highest BCUT2D eigenvalue weighted by Gasteiger charge is 2.20. The molecule has 0 atom stereocenters. The van der Waals surface area contributed by atoms with Crippen molar-refractivity contribution in [1.29, 1.82) is 0 Å². The number of benzene rings is 2. The van der Waals surface area contributed by atoms with Crippen molar-refractivity contribution in [1.82, 2.24) is 9.55 Å². The van der Waals surface area contributed by atoms with Crippen molar-refractivity contribution in [2.24, 2.45) is 0 Å². The molecule has 0 spiro atoms. The molecule has 0 saturated heterocycles. The first kappa shape index (κ1) is 14.1. The Morgan fingerprint density at radius 1 is 1.17 bits per heavy atom. The maximum absolute atomic E-state index is 14.3. The summed E-state index contributed by atoms with van der Waals surface area (Å²) < 4.78 is 26.9. The number of hydrogen-bond donors (Lipinski definition) is 0. The molecule has 0 amide bonds. The molecular weight excluding hydrogens is 319 g/mol. The number of hydrogen-bond acceptors (Lipinski definition) is 3. The van der Waals surface area contributed by atoms with Gasteiger partial charge >= 0.3 is 0 Å². The first-order chi connectivity index (χ1) is 11.1. The highest BCUT2D eigenvalue weighted by atomic mass is 35.5. The Balaban J connectivity index is 1.92. The highest BCUT2D eigenvalue weighted by Crippen LogP contribution is 2.37. The van der Waals surface area contributed by atoms with Crippen molar-refractivity contribution in [2.75, 3.05) is 6.79 Å². The van der Waals surface area contributed by atoms with Gasteiger partial charge in [0.1, 0.15) is 11.6 Å². The Hall–Kier alpha value is -2.53. The first-order valence-electron chi connectivity index (χ1n) is 7.04. The van der Waals surface area contributed by atoms with Gasteiger partial charge in [0.05, 0.1) is 16.3 Å². The zero-order valence-corrected chi connectivity index (χ0v) is 13.0. The summed E-state index contributed by atoms with van der Waals surface area (Å²) in [6.07, 6.45) is 1.68. The number of halogens is 2. The van der Waals surface area contributed by atoms with Gasteiger partial charge in [0.2, 0.25) is 6.79 Å². The fourth-order valence-corrected chi connectivity index (χ4v) is 2.92. The van der Waals surface area contributed by atoms with Gasteiger partial charge in [-0.1, -0.05) is 17.7 Å². The minimum absolute atomic E-state index is 0.202. The Bertz CT molecular complexity index is 887. The predicted molar refractivity (Wildman–Crippen MR) is 84.8 cm³/mol. The summed E-state index contributed by atoms with van der Waals surface area (Å²) in [5.74, 6) is 1.38. The molecule has 0 saturated carbocycles. The predicted octanol–water partition coefficient (Wildman–Crippen LogP) is 4.37. The van der Waals surface area contributed by atoms with Crippen LogP contribution in [-0.2, 0) is 0 Å². The second-order valence-electron chi connectivity index (χ2n) is 5.19. The molecule has 1 aliphatic heterocycles. The average molecular weight is 331 g/mol. The number of rotatable bonds is 2. The molecule has 4 nitrogen and oxygen atoms in total. The lowest BCUT2D eigenvalue weighted by molar-refractivity contribution is 0.174. The Labute approximate surface area is 137 Å². The van der Waals surface area contributed by atoms with Gasteiger partial charge in [-0.05, 0) is 31.2 Å². The van der Waals surface area contributed by atoms with Gasteiger partial charge in [-0.15, -0.1) is 0 Å². The zero-order chi connectivity index (χ0) is 16.0. The van der Waals surface area contributed by atoms with Gasteiger partial charge < -0.3 is 9.47 Å². The SMILES string of the molecule is Cc1cnc(-c2c(F)cccc2Cl)n1-c1ccc2c(c1)OCO2. The third-order valence-electron chi connectivity index (χ3n) is 3.74. The summed E-state index contributed by atoms with van der Waals surface area (Å²) in [6, 6.07) is 10.1. The molecule has 116 valence electrons. The van der Waals surface area contributed by atoms with E-state index in [1.54, 1.807) is 18.3 Å². The minimum Gasteiger partial charge on any atom is -0.454 e. The van der Waals surface area contributed by atoms with E-state index in [1.807, 2.05) is 29.7 Å². The molecule has 6 heteroatoms. The van der Waals surface area contributed by atoms with Crippen LogP contribution in [0.3, 0.4) is 0 Å². The second-order valence-corrected chi connectivity index (χ2v) is 5.60. The summed E-state index contributed by atoms with van der Waals surface area (Å²) in [7, 11) is 0. The van der Waals surface area contributed by atoms with Crippen molar-refractivity contribution in [3.8, 4) is 28.6 Å². The van der Waals surface area contributed by atoms with Crippen LogP contribution in [0.15, 0.2) is 42.6 Å². The third-order valence-corrected chi connectivity index (χ3v) is 4.05. The van der Waals surface area contributed by atoms with Gasteiger partial charge in [-0.3, -0.25) is 4.57 Å². The maximum atomic E-state index is 14.3. The Morgan fingerprint density at radius 3 is 2.83 bits per heavy atom. The molecule has 23 heavy (non-hydrogen) atoms. The lowest BCUT2D eigenvalue weighted by Crippen LogP contribution is -2.01. The lowest BCUT2D eigenvalue weighted by atomic mass is 10.2. The van der Waals surface area contributed by atoms with Gasteiger partial charge in [0.25, 0.3) is 0 Å². The molecule has 1 aliphatic rings. The van der Waals surface area contributed by atoms with Crippen LogP contribution in [0, 0.1) is 12.7 Å². The molecule has 0 bridgehead atoms. The first-order valence-corrected chi connectivity index (χ1v) is 7.41. The number of fused-ring (bicyclic) bond motifs is 1. The molecule has 0 radical (unpaired) electrons. The van der Waals surface area contributed by atoms with Crippen LogP contribution in [0.4, 0.5) is 4.39 Å². The third kappa shape index (κ3) is 2.24. The van der Waals surface area contributed by atoms with E-state index in [9.17, 15) is 4.39 Å². The smallest absolute Gasteiger partial charge is 0.231 e. The van der Waals surface area contributed by atoms with E-state index >= 15 is 0 Å². The van der Waals surface area contributed by atoms with E-state index in [2.05, 4.69) is 4.98 Å². The maximum Gasteiger partial charge on any atom is 0.231 e. The van der Waals surface area contributed by atoms with Crippen LogP contribution in [0.2, 0.25) is 5.02 Å². The lowest BCUT2D eigenvalue weighted by Gasteiger charge is -2.12. The number of aromatic nitrogens is 2. The quantitative estimate of drug-likeness (QED) is 0.700. The van der Waals surface area contributed by atoms with Crippen molar-refractivity contribution in [3.63, 3.8) is 0 Å². The molecule has 1 aromatic heterocycles. The van der Waals surface area contributed by atoms with Crippen LogP contribution in [-0.4, -0.2) is 16.3 Å². The van der Waals surface area contributed by atoms with E-state index in [4.69, 9.17) is 21.1 Å². The molecule has 0 fully saturated rings. The average Bonchev–Trinajstić information content (AvgIpc) is 3.13. The highest BCUT2D eigenvalue weighted by molar-refractivity contribution is 6.33. The van der Waals surface area contributed by atoms with Crippen molar-refractivity contribution in [2.45, 2.75) is 6.92 Å². The number of ether oxygens (including phenoxy) is 2. The van der Waals surface area contributed by atoms with E-state index in [-0.39, 0.29) is 12.4 Å². The van der Waals surface area contributed by atoms with Crippen LogP contribution < -0.4 is 9.47 Å². The van der Waals surface area contributed by atoms with E-state index in [0.29, 0.717) is 22.3 Å². The van der Waals surface area contributed by atoms with Crippen molar-refractivity contribution >= 4 is 11.6 Å². The van der Waals surface area contributed by atoms with Crippen LogP contribution >= 0.6 is 11.6 Å². The molecular formula is C17H12ClFN2O2. The second kappa shape index (κ2) is 5.28. The number of aryl methyl sites for hydroxylation is 1. The fraction of sp³-hybridized carbons (Fsp3) is 0.118. The largest absolute Gasteiger partial charge is 0.454 e. The van der Waals surface area contributed by atoms with Gasteiger partial charge in [0.15, 0.2) is 11.5 Å². The molecule has 0 N–H and O–H groups in total. The molecule has 2 heterocycles. The number of imidazole rings is 1. The van der Waals surface area contributed by atoms with E-state index in [0.717, 1.165) is 11.4 Å². The molecule has 0 unspecified atom stereocenters. The summed E-state index contributed by atoms with van der Waals surface area (Å²) in [5, 5.41) is 0.317. The van der Waals surface area contributed by atoms with E-state index in [1.165, 1.54) is 6.07 Å². The topological polar surface area (TPSA) is 36.3 Å². The van der Waals surface area contributed by atoms with E-state index < -0.39 is 5.82 Å².